The Labute approximate surface area is 52.3 Å². The van der Waals surface area contributed by atoms with Crippen LogP contribution in [0.5, 0.6) is 0 Å². The van der Waals surface area contributed by atoms with E-state index < -0.39 is 0 Å². The highest BCUT2D eigenvalue weighted by atomic mass is 16.7. The summed E-state index contributed by atoms with van der Waals surface area (Å²) < 4.78 is 0. The van der Waals surface area contributed by atoms with Gasteiger partial charge in [-0.1, -0.05) is 0 Å². The third-order valence-corrected chi connectivity index (χ3v) is 1.20. The summed E-state index contributed by atoms with van der Waals surface area (Å²) in [6.07, 6.45) is 1.28. The lowest BCUT2D eigenvalue weighted by Crippen LogP contribution is -2.23. The normalized spacial score (nSPS) is 18.2. The number of amides is 1. The van der Waals surface area contributed by atoms with Crippen molar-refractivity contribution in [3.8, 4) is 0 Å². The molecule has 9 heavy (non-hydrogen) atoms. The average Bonchev–Trinajstić information content (AvgIpc) is 2.18. The van der Waals surface area contributed by atoms with Gasteiger partial charge in [0.25, 0.3) is 5.91 Å². The summed E-state index contributed by atoms with van der Waals surface area (Å²) in [4.78, 5) is 24.6. The van der Waals surface area contributed by atoms with Crippen LogP contribution in [0.3, 0.4) is 0 Å². The van der Waals surface area contributed by atoms with Gasteiger partial charge in [0.05, 0.1) is 6.54 Å². The van der Waals surface area contributed by atoms with E-state index in [1.807, 2.05) is 0 Å². The molecule has 4 heteroatoms. The molecule has 0 bridgehead atoms. The summed E-state index contributed by atoms with van der Waals surface area (Å²) in [6.45, 7) is 0.806. The van der Waals surface area contributed by atoms with Gasteiger partial charge in [-0.25, -0.2) is 0 Å². The lowest BCUT2D eigenvalue weighted by atomic mass is 10.4. The molecular weight excluding hydrogens is 122 g/mol. The summed E-state index contributed by atoms with van der Waals surface area (Å²) in [6, 6.07) is 0. The molecule has 1 fully saturated rings. The van der Waals surface area contributed by atoms with Crippen LogP contribution in [0, 0.1) is 0 Å². The van der Waals surface area contributed by atoms with Crippen molar-refractivity contribution in [3.05, 3.63) is 0 Å². The molecule has 0 spiro atoms. The second kappa shape index (κ2) is 2.48. The van der Waals surface area contributed by atoms with Crippen LogP contribution in [0.15, 0.2) is 0 Å². The zero-order chi connectivity index (χ0) is 6.69. The molecule has 4 nitrogen and oxygen atoms in total. The molecule has 0 N–H and O–H groups in total. The molecule has 1 amide bonds. The summed E-state index contributed by atoms with van der Waals surface area (Å²) in [5.41, 5.74) is 0. The quantitative estimate of drug-likeness (QED) is 0.481. The standard InChI is InChI=1S/C5H7NO3/c7-4-9-6-3-1-2-5(6)8/h4H,1-3H2. The van der Waals surface area contributed by atoms with Gasteiger partial charge in [0.2, 0.25) is 0 Å². The van der Waals surface area contributed by atoms with Crippen molar-refractivity contribution in [1.82, 2.24) is 5.06 Å². The van der Waals surface area contributed by atoms with E-state index in [0.717, 1.165) is 11.5 Å². The third kappa shape index (κ3) is 1.19. The zero-order valence-corrected chi connectivity index (χ0v) is 4.87. The second-order valence-electron chi connectivity index (χ2n) is 1.80. The predicted octanol–water partition coefficient (Wildman–Crippen LogP) is -0.303. The first-order valence-corrected chi connectivity index (χ1v) is 2.75. The Hall–Kier alpha value is -1.06. The van der Waals surface area contributed by atoms with Crippen molar-refractivity contribution < 1.29 is 14.4 Å². The molecule has 0 saturated carbocycles. The number of hydroxylamine groups is 2. The Morgan fingerprint density at radius 2 is 2.44 bits per heavy atom. The number of rotatable bonds is 2. The van der Waals surface area contributed by atoms with Crippen LogP contribution in [0.25, 0.3) is 0 Å². The highest BCUT2D eigenvalue weighted by Crippen LogP contribution is 2.07. The fourth-order valence-corrected chi connectivity index (χ4v) is 0.787. The van der Waals surface area contributed by atoms with Crippen LogP contribution in [-0.4, -0.2) is 24.0 Å². The smallest absolute Gasteiger partial charge is 0.320 e. The largest absolute Gasteiger partial charge is 0.342 e. The Morgan fingerprint density at radius 3 is 2.89 bits per heavy atom. The molecule has 0 radical (unpaired) electrons. The van der Waals surface area contributed by atoms with Gasteiger partial charge in [0, 0.05) is 6.42 Å². The summed E-state index contributed by atoms with van der Waals surface area (Å²) in [7, 11) is 0. The third-order valence-electron chi connectivity index (χ3n) is 1.20. The lowest BCUT2D eigenvalue weighted by Gasteiger charge is -2.08. The summed E-state index contributed by atoms with van der Waals surface area (Å²) >= 11 is 0. The second-order valence-corrected chi connectivity index (χ2v) is 1.80. The Bertz CT molecular complexity index is 134. The first-order chi connectivity index (χ1) is 4.34. The van der Waals surface area contributed by atoms with Gasteiger partial charge in [0.15, 0.2) is 0 Å². The maximum atomic E-state index is 10.6. The maximum Gasteiger partial charge on any atom is 0.320 e. The minimum Gasteiger partial charge on any atom is -0.342 e. The molecule has 0 aromatic carbocycles. The first-order valence-electron chi connectivity index (χ1n) is 2.75. The van der Waals surface area contributed by atoms with Gasteiger partial charge < -0.3 is 4.84 Å². The molecule has 0 aliphatic carbocycles. The number of carbonyl (C=O) groups is 2. The van der Waals surface area contributed by atoms with Gasteiger partial charge in [-0.15, -0.1) is 0 Å². The van der Waals surface area contributed by atoms with E-state index in [2.05, 4.69) is 4.84 Å². The van der Waals surface area contributed by atoms with Crippen molar-refractivity contribution >= 4 is 12.4 Å². The predicted molar refractivity (Wildman–Crippen MR) is 28.1 cm³/mol. The number of hydrogen-bond donors (Lipinski definition) is 0. The molecule has 1 rings (SSSR count). The summed E-state index contributed by atoms with van der Waals surface area (Å²) in [5, 5.41) is 1.08. The number of nitrogens with zero attached hydrogens (tertiary/aromatic N) is 1. The van der Waals surface area contributed by atoms with Crippen LogP contribution in [0.4, 0.5) is 0 Å². The molecule has 50 valence electrons. The van der Waals surface area contributed by atoms with Crippen molar-refractivity contribution in [3.63, 3.8) is 0 Å². The van der Waals surface area contributed by atoms with Gasteiger partial charge in [-0.3, -0.25) is 9.59 Å². The highest BCUT2D eigenvalue weighted by Gasteiger charge is 2.20. The van der Waals surface area contributed by atoms with E-state index in [0.29, 0.717) is 13.0 Å². The van der Waals surface area contributed by atoms with E-state index in [-0.39, 0.29) is 12.4 Å². The maximum absolute atomic E-state index is 10.6. The Kier molecular flexibility index (Phi) is 1.67. The molecule has 0 aromatic rings. The van der Waals surface area contributed by atoms with Crippen LogP contribution >= 0.6 is 0 Å². The van der Waals surface area contributed by atoms with E-state index in [9.17, 15) is 9.59 Å². The van der Waals surface area contributed by atoms with E-state index in [1.54, 1.807) is 0 Å². The van der Waals surface area contributed by atoms with E-state index in [4.69, 9.17) is 0 Å². The van der Waals surface area contributed by atoms with E-state index in [1.165, 1.54) is 0 Å². The van der Waals surface area contributed by atoms with Crippen LogP contribution in [-0.2, 0) is 14.4 Å². The van der Waals surface area contributed by atoms with Crippen LogP contribution in [0.2, 0.25) is 0 Å². The first kappa shape index (κ1) is 6.07. The minimum absolute atomic E-state index is 0.109. The van der Waals surface area contributed by atoms with Gasteiger partial charge in [0.1, 0.15) is 0 Å². The SMILES string of the molecule is O=CON1CCCC1=O. The lowest BCUT2D eigenvalue weighted by molar-refractivity contribution is -0.180. The molecule has 0 atom stereocenters. The molecule has 0 aromatic heterocycles. The summed E-state index contributed by atoms with van der Waals surface area (Å²) in [5.74, 6) is -0.109. The fourth-order valence-electron chi connectivity index (χ4n) is 0.787. The van der Waals surface area contributed by atoms with Crippen molar-refractivity contribution in [2.75, 3.05) is 6.54 Å². The van der Waals surface area contributed by atoms with Gasteiger partial charge in [-0.05, 0) is 6.42 Å². The Balaban J connectivity index is 2.39. The van der Waals surface area contributed by atoms with E-state index >= 15 is 0 Å². The number of carbonyl (C=O) groups excluding carboxylic acids is 2. The molecule has 0 unspecified atom stereocenters. The van der Waals surface area contributed by atoms with Crippen LogP contribution in [0.1, 0.15) is 12.8 Å². The Morgan fingerprint density at radius 1 is 1.67 bits per heavy atom. The molecule has 1 saturated heterocycles. The highest BCUT2D eigenvalue weighted by molar-refractivity contribution is 5.77. The zero-order valence-electron chi connectivity index (χ0n) is 4.87. The molecule has 1 heterocycles. The van der Waals surface area contributed by atoms with Gasteiger partial charge >= 0.3 is 6.47 Å². The van der Waals surface area contributed by atoms with Crippen molar-refractivity contribution in [1.29, 1.82) is 0 Å². The topological polar surface area (TPSA) is 46.6 Å². The monoisotopic (exact) mass is 129 g/mol. The molecule has 1 aliphatic rings. The van der Waals surface area contributed by atoms with Gasteiger partial charge in [-0.2, -0.15) is 5.06 Å². The average molecular weight is 129 g/mol. The molecule has 1 aliphatic heterocycles. The minimum atomic E-state index is -0.109. The van der Waals surface area contributed by atoms with Crippen molar-refractivity contribution in [2.24, 2.45) is 0 Å². The van der Waals surface area contributed by atoms with Crippen LogP contribution < -0.4 is 0 Å². The fraction of sp³-hybridized carbons (Fsp3) is 0.600. The number of hydrogen-bond acceptors (Lipinski definition) is 3. The van der Waals surface area contributed by atoms with Crippen molar-refractivity contribution in [2.45, 2.75) is 12.8 Å². The molecular formula is C5H7NO3.